The zero-order valence-electron chi connectivity index (χ0n) is 10.3. The Balaban J connectivity index is 2.53. The molecule has 0 fully saturated rings. The number of pyridine rings is 1. The van der Waals surface area contributed by atoms with Gasteiger partial charge in [0.05, 0.1) is 13.2 Å². The number of nitrogens with one attached hydrogen (secondary N) is 1. The highest BCUT2D eigenvalue weighted by Gasteiger charge is 2.07. The predicted octanol–water partition coefficient (Wildman–Crippen LogP) is 0.455. The van der Waals surface area contributed by atoms with Gasteiger partial charge in [-0.05, 0) is 12.1 Å². The van der Waals surface area contributed by atoms with E-state index in [0.717, 1.165) is 5.82 Å². The maximum Gasteiger partial charge on any atom is 0.275 e. The van der Waals surface area contributed by atoms with Crippen LogP contribution in [-0.4, -0.2) is 45.3 Å². The standard InChI is InChI=1S/C11H17N3O3/c1-14(2)10-8-9(4-5-12-10)11(15)13-17-7-6-16-3/h4-5,8H,6-7H2,1-3H3,(H,13,15). The molecule has 0 atom stereocenters. The molecule has 1 rings (SSSR count). The van der Waals surface area contributed by atoms with Crippen molar-refractivity contribution in [3.05, 3.63) is 23.9 Å². The van der Waals surface area contributed by atoms with Crippen molar-refractivity contribution in [2.24, 2.45) is 0 Å². The molecule has 0 saturated carbocycles. The van der Waals surface area contributed by atoms with E-state index < -0.39 is 0 Å². The number of nitrogens with zero attached hydrogens (tertiary/aromatic N) is 2. The lowest BCUT2D eigenvalue weighted by molar-refractivity contribution is 0.00888. The summed E-state index contributed by atoms with van der Waals surface area (Å²) in [5, 5.41) is 0. The Labute approximate surface area is 100 Å². The van der Waals surface area contributed by atoms with Gasteiger partial charge in [0.25, 0.3) is 5.91 Å². The molecule has 6 heteroatoms. The Bertz CT molecular complexity index is 369. The summed E-state index contributed by atoms with van der Waals surface area (Å²) in [6.07, 6.45) is 1.58. The number of methoxy groups -OCH3 is 1. The van der Waals surface area contributed by atoms with Gasteiger partial charge in [0.1, 0.15) is 5.82 Å². The van der Waals surface area contributed by atoms with Crippen molar-refractivity contribution in [1.29, 1.82) is 0 Å². The van der Waals surface area contributed by atoms with Crippen molar-refractivity contribution in [2.75, 3.05) is 39.3 Å². The summed E-state index contributed by atoms with van der Waals surface area (Å²) in [5.41, 5.74) is 2.84. The average molecular weight is 239 g/mol. The number of carbonyl (C=O) groups is 1. The molecule has 1 aromatic rings. The average Bonchev–Trinajstić information content (AvgIpc) is 2.34. The van der Waals surface area contributed by atoms with Gasteiger partial charge in [-0.1, -0.05) is 0 Å². The smallest absolute Gasteiger partial charge is 0.275 e. The minimum absolute atomic E-state index is 0.299. The number of amides is 1. The van der Waals surface area contributed by atoms with Gasteiger partial charge >= 0.3 is 0 Å². The topological polar surface area (TPSA) is 63.7 Å². The fourth-order valence-corrected chi connectivity index (χ4v) is 1.10. The first kappa shape index (κ1) is 13.4. The van der Waals surface area contributed by atoms with Crippen LogP contribution >= 0.6 is 0 Å². The van der Waals surface area contributed by atoms with Crippen LogP contribution in [0.2, 0.25) is 0 Å². The molecule has 0 aliphatic heterocycles. The molecule has 94 valence electrons. The minimum atomic E-state index is -0.299. The summed E-state index contributed by atoms with van der Waals surface area (Å²) in [7, 11) is 5.29. The fourth-order valence-electron chi connectivity index (χ4n) is 1.10. The molecule has 0 spiro atoms. The monoisotopic (exact) mass is 239 g/mol. The van der Waals surface area contributed by atoms with Gasteiger partial charge < -0.3 is 9.64 Å². The Hall–Kier alpha value is -1.66. The first-order chi connectivity index (χ1) is 8.15. The second kappa shape index (κ2) is 6.82. The molecule has 1 aromatic heterocycles. The Morgan fingerprint density at radius 1 is 1.47 bits per heavy atom. The van der Waals surface area contributed by atoms with Crippen LogP contribution in [0.3, 0.4) is 0 Å². The van der Waals surface area contributed by atoms with Crippen LogP contribution in [0.4, 0.5) is 5.82 Å². The van der Waals surface area contributed by atoms with Crippen molar-refractivity contribution in [3.63, 3.8) is 0 Å². The first-order valence-corrected chi connectivity index (χ1v) is 5.19. The maximum absolute atomic E-state index is 11.7. The molecule has 1 N–H and O–H groups in total. The SMILES string of the molecule is COCCONC(=O)c1ccnc(N(C)C)c1. The van der Waals surface area contributed by atoms with E-state index in [4.69, 9.17) is 9.57 Å². The molecule has 6 nitrogen and oxygen atoms in total. The molecule has 0 aromatic carbocycles. The molecular weight excluding hydrogens is 222 g/mol. The summed E-state index contributed by atoms with van der Waals surface area (Å²) in [5.74, 6) is 0.418. The lowest BCUT2D eigenvalue weighted by Crippen LogP contribution is -2.25. The van der Waals surface area contributed by atoms with Crippen molar-refractivity contribution in [2.45, 2.75) is 0 Å². The summed E-state index contributed by atoms with van der Waals surface area (Å²) < 4.78 is 4.79. The summed E-state index contributed by atoms with van der Waals surface area (Å²) in [4.78, 5) is 22.5. The number of carbonyl (C=O) groups excluding carboxylic acids is 1. The number of hydrogen-bond donors (Lipinski definition) is 1. The first-order valence-electron chi connectivity index (χ1n) is 5.19. The molecule has 0 unspecified atom stereocenters. The largest absolute Gasteiger partial charge is 0.382 e. The third-order valence-corrected chi connectivity index (χ3v) is 2.02. The number of hydrogen-bond acceptors (Lipinski definition) is 5. The number of hydroxylamine groups is 1. The van der Waals surface area contributed by atoms with Crippen molar-refractivity contribution >= 4 is 11.7 Å². The van der Waals surface area contributed by atoms with Crippen LogP contribution in [0, 0.1) is 0 Å². The van der Waals surface area contributed by atoms with Crippen LogP contribution < -0.4 is 10.4 Å². The molecule has 0 radical (unpaired) electrons. The van der Waals surface area contributed by atoms with Gasteiger partial charge in [-0.2, -0.15) is 0 Å². The van der Waals surface area contributed by atoms with E-state index in [1.807, 2.05) is 19.0 Å². The zero-order valence-corrected chi connectivity index (χ0v) is 10.3. The Morgan fingerprint density at radius 3 is 2.88 bits per heavy atom. The Kier molecular flexibility index (Phi) is 5.38. The van der Waals surface area contributed by atoms with Crippen molar-refractivity contribution in [1.82, 2.24) is 10.5 Å². The highest BCUT2D eigenvalue weighted by Crippen LogP contribution is 2.09. The van der Waals surface area contributed by atoms with Gasteiger partial charge in [0.2, 0.25) is 0 Å². The van der Waals surface area contributed by atoms with Crippen LogP contribution in [0.5, 0.6) is 0 Å². The highest BCUT2D eigenvalue weighted by molar-refractivity contribution is 5.94. The molecule has 0 bridgehead atoms. The van der Waals surface area contributed by atoms with Crippen LogP contribution in [0.15, 0.2) is 18.3 Å². The van der Waals surface area contributed by atoms with E-state index in [1.54, 1.807) is 25.4 Å². The van der Waals surface area contributed by atoms with Crippen molar-refractivity contribution < 1.29 is 14.4 Å². The van der Waals surface area contributed by atoms with Crippen LogP contribution in [-0.2, 0) is 9.57 Å². The third kappa shape index (κ3) is 4.38. The molecule has 17 heavy (non-hydrogen) atoms. The van der Waals surface area contributed by atoms with E-state index in [-0.39, 0.29) is 5.91 Å². The van der Waals surface area contributed by atoms with Crippen LogP contribution in [0.1, 0.15) is 10.4 Å². The predicted molar refractivity (Wildman–Crippen MR) is 63.9 cm³/mol. The molecule has 1 heterocycles. The summed E-state index contributed by atoms with van der Waals surface area (Å²) in [6.45, 7) is 0.743. The fraction of sp³-hybridized carbons (Fsp3) is 0.455. The van der Waals surface area contributed by atoms with E-state index in [0.29, 0.717) is 18.8 Å². The maximum atomic E-state index is 11.7. The van der Waals surface area contributed by atoms with Gasteiger partial charge in [-0.3, -0.25) is 9.63 Å². The number of ether oxygens (including phenoxy) is 1. The van der Waals surface area contributed by atoms with Crippen LogP contribution in [0.25, 0.3) is 0 Å². The van der Waals surface area contributed by atoms with Gasteiger partial charge in [0.15, 0.2) is 0 Å². The lowest BCUT2D eigenvalue weighted by atomic mass is 10.2. The normalized spacial score (nSPS) is 10.1. The van der Waals surface area contributed by atoms with E-state index in [2.05, 4.69) is 10.5 Å². The number of rotatable bonds is 6. The minimum Gasteiger partial charge on any atom is -0.382 e. The second-order valence-electron chi connectivity index (χ2n) is 3.57. The molecular formula is C11H17N3O3. The zero-order chi connectivity index (χ0) is 12.7. The molecule has 0 aliphatic rings. The van der Waals surface area contributed by atoms with Gasteiger partial charge in [0, 0.05) is 33.0 Å². The van der Waals surface area contributed by atoms with Gasteiger partial charge in [-0.15, -0.1) is 0 Å². The van der Waals surface area contributed by atoms with Crippen molar-refractivity contribution in [3.8, 4) is 0 Å². The third-order valence-electron chi connectivity index (χ3n) is 2.02. The summed E-state index contributed by atoms with van der Waals surface area (Å²) in [6, 6.07) is 3.32. The highest BCUT2D eigenvalue weighted by atomic mass is 16.7. The van der Waals surface area contributed by atoms with E-state index in [1.165, 1.54) is 0 Å². The quantitative estimate of drug-likeness (QED) is 0.577. The number of anilines is 1. The lowest BCUT2D eigenvalue weighted by Gasteiger charge is -2.12. The summed E-state index contributed by atoms with van der Waals surface area (Å²) >= 11 is 0. The molecule has 0 aliphatic carbocycles. The second-order valence-corrected chi connectivity index (χ2v) is 3.57. The van der Waals surface area contributed by atoms with Gasteiger partial charge in [-0.25, -0.2) is 10.5 Å². The Morgan fingerprint density at radius 2 is 2.24 bits per heavy atom. The molecule has 0 saturated heterocycles. The number of aromatic nitrogens is 1. The molecule has 1 amide bonds. The van der Waals surface area contributed by atoms with E-state index in [9.17, 15) is 4.79 Å². The van der Waals surface area contributed by atoms with E-state index >= 15 is 0 Å².